The number of hydrogen-bond acceptors (Lipinski definition) is 1. The molecule has 0 aliphatic carbocycles. The molecule has 1 aromatic rings. The van der Waals surface area contributed by atoms with Crippen molar-refractivity contribution in [3.05, 3.63) is 35.4 Å². The van der Waals surface area contributed by atoms with Crippen LogP contribution in [0.2, 0.25) is 0 Å². The summed E-state index contributed by atoms with van der Waals surface area (Å²) in [4.78, 5) is 0. The molecular formula is C11H16ClN. The summed E-state index contributed by atoms with van der Waals surface area (Å²) in [7, 11) is 0. The lowest BCUT2D eigenvalue weighted by Gasteiger charge is -2.28. The number of rotatable bonds is 2. The van der Waals surface area contributed by atoms with Gasteiger partial charge in [-0.3, -0.25) is 0 Å². The SMILES string of the molecule is Cc1ccccc1CC1CCN1.Cl. The van der Waals surface area contributed by atoms with Gasteiger partial charge in [0.15, 0.2) is 0 Å². The highest BCUT2D eigenvalue weighted by molar-refractivity contribution is 5.85. The molecule has 1 N–H and O–H groups in total. The molecule has 2 rings (SSSR count). The van der Waals surface area contributed by atoms with Gasteiger partial charge in [-0.2, -0.15) is 0 Å². The average molecular weight is 198 g/mol. The minimum absolute atomic E-state index is 0. The number of halogens is 1. The van der Waals surface area contributed by atoms with Crippen LogP contribution in [-0.2, 0) is 6.42 Å². The Morgan fingerprint density at radius 3 is 2.62 bits per heavy atom. The molecule has 1 aliphatic rings. The van der Waals surface area contributed by atoms with E-state index in [1.165, 1.54) is 30.5 Å². The molecule has 0 bridgehead atoms. The fourth-order valence-electron chi connectivity index (χ4n) is 1.63. The Bertz CT molecular complexity index is 269. The van der Waals surface area contributed by atoms with Crippen LogP contribution in [0.1, 0.15) is 17.5 Å². The van der Waals surface area contributed by atoms with Crippen LogP contribution in [0.25, 0.3) is 0 Å². The van der Waals surface area contributed by atoms with Crippen molar-refractivity contribution in [1.29, 1.82) is 0 Å². The average Bonchev–Trinajstić information content (AvgIpc) is 2.00. The highest BCUT2D eigenvalue weighted by Gasteiger charge is 2.16. The first-order valence-corrected chi connectivity index (χ1v) is 4.64. The van der Waals surface area contributed by atoms with E-state index in [1.54, 1.807) is 0 Å². The normalized spacial score (nSPS) is 20.2. The van der Waals surface area contributed by atoms with Crippen molar-refractivity contribution in [3.8, 4) is 0 Å². The zero-order valence-corrected chi connectivity index (χ0v) is 8.73. The van der Waals surface area contributed by atoms with E-state index in [-0.39, 0.29) is 12.4 Å². The van der Waals surface area contributed by atoms with Crippen LogP contribution >= 0.6 is 12.4 Å². The topological polar surface area (TPSA) is 12.0 Å². The highest BCUT2D eigenvalue weighted by Crippen LogP contribution is 2.14. The van der Waals surface area contributed by atoms with E-state index >= 15 is 0 Å². The number of hydrogen-bond donors (Lipinski definition) is 1. The molecule has 1 heterocycles. The van der Waals surface area contributed by atoms with E-state index in [0.29, 0.717) is 0 Å². The Morgan fingerprint density at radius 1 is 1.38 bits per heavy atom. The van der Waals surface area contributed by atoms with E-state index in [2.05, 4.69) is 36.5 Å². The Morgan fingerprint density at radius 2 is 2.08 bits per heavy atom. The molecule has 1 fully saturated rings. The van der Waals surface area contributed by atoms with Crippen molar-refractivity contribution >= 4 is 12.4 Å². The fourth-order valence-corrected chi connectivity index (χ4v) is 1.63. The Hall–Kier alpha value is -0.530. The summed E-state index contributed by atoms with van der Waals surface area (Å²) < 4.78 is 0. The minimum atomic E-state index is 0. The molecule has 13 heavy (non-hydrogen) atoms. The molecule has 2 heteroatoms. The molecule has 0 radical (unpaired) electrons. The van der Waals surface area contributed by atoms with Gasteiger partial charge >= 0.3 is 0 Å². The maximum atomic E-state index is 3.42. The third-order valence-electron chi connectivity index (χ3n) is 2.65. The summed E-state index contributed by atoms with van der Waals surface area (Å²) in [5.74, 6) is 0. The zero-order valence-electron chi connectivity index (χ0n) is 7.92. The van der Waals surface area contributed by atoms with Crippen molar-refractivity contribution in [1.82, 2.24) is 5.32 Å². The van der Waals surface area contributed by atoms with Gasteiger partial charge in [0.1, 0.15) is 0 Å². The van der Waals surface area contributed by atoms with E-state index < -0.39 is 0 Å². The van der Waals surface area contributed by atoms with Crippen LogP contribution < -0.4 is 5.32 Å². The van der Waals surface area contributed by atoms with Crippen LogP contribution in [0, 0.1) is 6.92 Å². The molecule has 0 amide bonds. The lowest BCUT2D eigenvalue weighted by Crippen LogP contribution is -2.44. The van der Waals surface area contributed by atoms with Crippen molar-refractivity contribution in [2.24, 2.45) is 0 Å². The first-order chi connectivity index (χ1) is 5.86. The lowest BCUT2D eigenvalue weighted by atomic mass is 9.96. The van der Waals surface area contributed by atoms with E-state index in [4.69, 9.17) is 0 Å². The summed E-state index contributed by atoms with van der Waals surface area (Å²) in [6.07, 6.45) is 2.54. The van der Waals surface area contributed by atoms with Crippen molar-refractivity contribution in [2.45, 2.75) is 25.8 Å². The van der Waals surface area contributed by atoms with Crippen LogP contribution in [-0.4, -0.2) is 12.6 Å². The molecule has 1 unspecified atom stereocenters. The monoisotopic (exact) mass is 197 g/mol. The number of nitrogens with one attached hydrogen (secondary N) is 1. The molecule has 72 valence electrons. The van der Waals surface area contributed by atoms with E-state index in [0.717, 1.165) is 6.04 Å². The van der Waals surface area contributed by atoms with Gasteiger partial charge < -0.3 is 5.32 Å². The second kappa shape index (κ2) is 4.64. The quantitative estimate of drug-likeness (QED) is 0.768. The Balaban J connectivity index is 0.000000845. The molecular weight excluding hydrogens is 182 g/mol. The van der Waals surface area contributed by atoms with E-state index in [9.17, 15) is 0 Å². The third-order valence-corrected chi connectivity index (χ3v) is 2.65. The molecule has 0 aromatic heterocycles. The van der Waals surface area contributed by atoms with Crippen molar-refractivity contribution in [2.75, 3.05) is 6.54 Å². The molecule has 1 atom stereocenters. The summed E-state index contributed by atoms with van der Waals surface area (Å²) in [5, 5.41) is 3.42. The number of benzene rings is 1. The summed E-state index contributed by atoms with van der Waals surface area (Å²) in [5.41, 5.74) is 2.92. The van der Waals surface area contributed by atoms with Crippen LogP contribution in [0.5, 0.6) is 0 Å². The highest BCUT2D eigenvalue weighted by atomic mass is 35.5. The largest absolute Gasteiger partial charge is 0.314 e. The molecule has 1 saturated heterocycles. The second-order valence-electron chi connectivity index (χ2n) is 3.57. The van der Waals surface area contributed by atoms with E-state index in [1.807, 2.05) is 0 Å². The third kappa shape index (κ3) is 2.45. The predicted octanol–water partition coefficient (Wildman–Crippen LogP) is 2.32. The fraction of sp³-hybridized carbons (Fsp3) is 0.455. The summed E-state index contributed by atoms with van der Waals surface area (Å²) >= 11 is 0. The maximum absolute atomic E-state index is 3.42. The molecule has 0 spiro atoms. The standard InChI is InChI=1S/C11H15N.ClH/c1-9-4-2-3-5-10(9)8-11-6-7-12-11;/h2-5,11-12H,6-8H2,1H3;1H. The zero-order chi connectivity index (χ0) is 8.39. The van der Waals surface area contributed by atoms with Gasteiger partial charge in [-0.25, -0.2) is 0 Å². The van der Waals surface area contributed by atoms with Crippen LogP contribution in [0.15, 0.2) is 24.3 Å². The van der Waals surface area contributed by atoms with Crippen LogP contribution in [0.4, 0.5) is 0 Å². The molecule has 1 nitrogen and oxygen atoms in total. The first kappa shape index (κ1) is 10.6. The molecule has 1 aliphatic heterocycles. The number of aryl methyl sites for hydroxylation is 1. The molecule has 0 saturated carbocycles. The molecule has 1 aromatic carbocycles. The summed E-state index contributed by atoms with van der Waals surface area (Å²) in [6.45, 7) is 3.39. The van der Waals surface area contributed by atoms with Gasteiger partial charge in [0, 0.05) is 6.04 Å². The van der Waals surface area contributed by atoms with Gasteiger partial charge in [-0.15, -0.1) is 12.4 Å². The van der Waals surface area contributed by atoms with Crippen molar-refractivity contribution in [3.63, 3.8) is 0 Å². The van der Waals surface area contributed by atoms with Crippen LogP contribution in [0.3, 0.4) is 0 Å². The second-order valence-corrected chi connectivity index (χ2v) is 3.57. The maximum Gasteiger partial charge on any atom is 0.0120 e. The Kier molecular flexibility index (Phi) is 3.76. The van der Waals surface area contributed by atoms with Gasteiger partial charge in [-0.1, -0.05) is 24.3 Å². The predicted molar refractivity (Wildman–Crippen MR) is 58.5 cm³/mol. The summed E-state index contributed by atoms with van der Waals surface area (Å²) in [6, 6.07) is 9.39. The Labute approximate surface area is 86.0 Å². The smallest absolute Gasteiger partial charge is 0.0120 e. The van der Waals surface area contributed by atoms with Gasteiger partial charge in [0.25, 0.3) is 0 Å². The minimum Gasteiger partial charge on any atom is -0.314 e. The van der Waals surface area contributed by atoms with Gasteiger partial charge in [0.05, 0.1) is 0 Å². The first-order valence-electron chi connectivity index (χ1n) is 4.64. The van der Waals surface area contributed by atoms with Gasteiger partial charge in [-0.05, 0) is 37.4 Å². The lowest BCUT2D eigenvalue weighted by molar-refractivity contribution is 0.369. The van der Waals surface area contributed by atoms with Crippen molar-refractivity contribution < 1.29 is 0 Å². The van der Waals surface area contributed by atoms with Gasteiger partial charge in [0.2, 0.25) is 0 Å².